The number of nitrogens with zero attached hydrogens (tertiary/aromatic N) is 9. The molecule has 15 nitrogen and oxygen atoms in total. The first-order chi connectivity index (χ1) is 36.1. The van der Waals surface area contributed by atoms with Gasteiger partial charge in [-0.15, -0.1) is 5.10 Å². The molecule has 0 saturated heterocycles. The fourth-order valence-corrected chi connectivity index (χ4v) is 8.73. The highest BCUT2D eigenvalue weighted by molar-refractivity contribution is 9.10. The number of benzene rings is 3. The average molecular weight is 1160 g/mol. The second-order valence-corrected chi connectivity index (χ2v) is 19.5. The molecule has 0 amide bonds. The lowest BCUT2D eigenvalue weighted by Crippen LogP contribution is -2.29. The standard InChI is InChI=1S/C19H19F3N4O.C13H7ClF3N3.C7H9BO2.C6H3BrClN3.C6H13NO/c20-19(21,22)13-3-1-2-12(10-13)16-11-23-18-9-8-17(25-26(16)18)24-14-4-6-15(27)7-5-14;14-11-4-5-12-18-7-10(20(12)19-11)8-2-1-3-9(6-8)13(15,16)17;1-6-3-2-4-7(5-6)8(9)10;7-4-3-9-6-2-1-5(8)10-11(4)6;7-5-1-3-6(8)4-2-5/h1-3,8-11,14-15,27H,4-7H2,(H,24,25);1-7H;2-5,9-10H,1H3;1-3H;5-6,8H,1-4,7H2. The van der Waals surface area contributed by atoms with Crippen molar-refractivity contribution < 1.29 is 46.6 Å². The molecule has 2 saturated carbocycles. The van der Waals surface area contributed by atoms with E-state index in [2.05, 4.69) is 51.5 Å². The van der Waals surface area contributed by atoms with Gasteiger partial charge in [0.15, 0.2) is 16.9 Å². The molecular weight excluding hydrogens is 1110 g/mol. The van der Waals surface area contributed by atoms with Crippen molar-refractivity contribution in [3.8, 4) is 22.5 Å². The van der Waals surface area contributed by atoms with Crippen LogP contribution >= 0.6 is 39.1 Å². The number of hydrogen-bond acceptors (Lipinski definition) is 12. The van der Waals surface area contributed by atoms with Crippen molar-refractivity contribution in [2.24, 2.45) is 5.73 Å². The largest absolute Gasteiger partial charge is 0.488 e. The number of nitrogens with two attached hydrogens (primary N) is 1. The predicted octanol–water partition coefficient (Wildman–Crippen LogP) is 10.3. The first-order valence-corrected chi connectivity index (χ1v) is 25.3. The Labute approximate surface area is 450 Å². The van der Waals surface area contributed by atoms with Crippen molar-refractivity contribution in [1.29, 1.82) is 0 Å². The number of imidazole rings is 3. The Morgan fingerprint density at radius 3 is 1.54 bits per heavy atom. The van der Waals surface area contributed by atoms with Gasteiger partial charge < -0.3 is 31.3 Å². The van der Waals surface area contributed by atoms with Gasteiger partial charge in [0.25, 0.3) is 0 Å². The third-order valence-corrected chi connectivity index (χ3v) is 13.0. The van der Waals surface area contributed by atoms with Crippen molar-refractivity contribution in [3.05, 3.63) is 159 Å². The average Bonchev–Trinajstić information content (AvgIpc) is 4.13. The first kappa shape index (κ1) is 57.5. The van der Waals surface area contributed by atoms with Crippen LogP contribution in [-0.4, -0.2) is 95.5 Å². The summed E-state index contributed by atoms with van der Waals surface area (Å²) < 4.78 is 82.6. The van der Waals surface area contributed by atoms with E-state index in [1.165, 1.54) is 29.0 Å². The van der Waals surface area contributed by atoms with Crippen LogP contribution in [0.2, 0.25) is 10.3 Å². The van der Waals surface area contributed by atoms with Crippen molar-refractivity contribution in [2.45, 2.75) is 94.9 Å². The normalized spacial score (nSPS) is 17.5. The van der Waals surface area contributed by atoms with Crippen molar-refractivity contribution in [1.82, 2.24) is 43.8 Å². The fraction of sp³-hybridized carbons (Fsp3) is 0.294. The summed E-state index contributed by atoms with van der Waals surface area (Å²) in [7, 11) is -1.35. The summed E-state index contributed by atoms with van der Waals surface area (Å²) in [5.74, 6) is 0.634. The maximum atomic E-state index is 13.0. The second-order valence-electron chi connectivity index (χ2n) is 17.9. The summed E-state index contributed by atoms with van der Waals surface area (Å²) in [4.78, 5) is 12.4. The molecule has 76 heavy (non-hydrogen) atoms. The SMILES string of the molecule is Cc1cccc(B(O)O)c1.Clc1ccc2ncc(Br)n2n1.FC(F)(F)c1cccc(-c2cnc3ccc(Cl)nn23)c1.NC1CCC(O)CC1.OC1CCC(Nc2ccc3ncc(-c4cccc(C(F)(F)F)c4)n3n2)CC1. The van der Waals surface area contributed by atoms with E-state index >= 15 is 0 Å². The van der Waals surface area contributed by atoms with E-state index in [-0.39, 0.29) is 23.4 Å². The number of nitrogens with one attached hydrogen (secondary N) is 1. The van der Waals surface area contributed by atoms with Crippen LogP contribution in [0.15, 0.2) is 132 Å². The number of rotatable bonds is 5. The minimum Gasteiger partial charge on any atom is -0.423 e. The molecule has 9 aromatic rings. The Hall–Kier alpha value is -6.18. The molecule has 0 spiro atoms. The summed E-state index contributed by atoms with van der Waals surface area (Å²) in [5, 5.41) is 52.6. The molecule has 0 radical (unpaired) electrons. The number of fused-ring (bicyclic) bond motifs is 3. The molecule has 11 rings (SSSR count). The minimum atomic E-state index is -4.40. The van der Waals surface area contributed by atoms with Crippen molar-refractivity contribution in [3.63, 3.8) is 0 Å². The van der Waals surface area contributed by atoms with E-state index in [0.29, 0.717) is 56.3 Å². The number of aliphatic hydroxyl groups is 2. The van der Waals surface area contributed by atoms with Gasteiger partial charge in [0.05, 0.1) is 53.3 Å². The van der Waals surface area contributed by atoms with Crippen molar-refractivity contribution >= 4 is 74.5 Å². The molecular formula is C51H51BBrCl2F6N11O4. The molecule has 25 heteroatoms. The van der Waals surface area contributed by atoms with E-state index in [0.717, 1.165) is 91.4 Å². The zero-order valence-electron chi connectivity index (χ0n) is 40.5. The van der Waals surface area contributed by atoms with Crippen LogP contribution in [0.5, 0.6) is 0 Å². The van der Waals surface area contributed by atoms with E-state index in [4.69, 9.17) is 44.1 Å². The summed E-state index contributed by atoms with van der Waals surface area (Å²) in [6, 6.07) is 28.2. The minimum absolute atomic E-state index is 0.0604. The predicted molar refractivity (Wildman–Crippen MR) is 283 cm³/mol. The summed E-state index contributed by atoms with van der Waals surface area (Å²) >= 11 is 14.7. The molecule has 6 aromatic heterocycles. The van der Waals surface area contributed by atoms with Gasteiger partial charge in [0.1, 0.15) is 20.7 Å². The molecule has 0 bridgehead atoms. The summed E-state index contributed by atoms with van der Waals surface area (Å²) in [6.45, 7) is 1.91. The zero-order chi connectivity index (χ0) is 54.7. The molecule has 0 unspecified atom stereocenters. The smallest absolute Gasteiger partial charge is 0.423 e. The Morgan fingerprint density at radius 1 is 0.592 bits per heavy atom. The van der Waals surface area contributed by atoms with Gasteiger partial charge in [-0.3, -0.25) is 0 Å². The molecule has 2 aliphatic carbocycles. The maximum absolute atomic E-state index is 13.0. The third-order valence-electron chi connectivity index (χ3n) is 12.1. The van der Waals surface area contributed by atoms with Crippen LogP contribution < -0.4 is 16.5 Å². The number of aliphatic hydroxyl groups excluding tert-OH is 2. The topological polar surface area (TPSA) is 210 Å². The number of hydrogen-bond donors (Lipinski definition) is 6. The van der Waals surface area contributed by atoms with Gasteiger partial charge >= 0.3 is 19.5 Å². The molecule has 2 fully saturated rings. The van der Waals surface area contributed by atoms with Crippen LogP contribution in [0.3, 0.4) is 0 Å². The lowest BCUT2D eigenvalue weighted by molar-refractivity contribution is -0.138. The molecule has 0 atom stereocenters. The monoisotopic (exact) mass is 1160 g/mol. The molecule has 7 N–H and O–H groups in total. The van der Waals surface area contributed by atoms with Crippen LogP contribution in [0.4, 0.5) is 32.2 Å². The Morgan fingerprint density at radius 2 is 1.05 bits per heavy atom. The van der Waals surface area contributed by atoms with Gasteiger partial charge in [-0.25, -0.2) is 28.5 Å². The number of aromatic nitrogens is 9. The lowest BCUT2D eigenvalue weighted by atomic mass is 9.80. The van der Waals surface area contributed by atoms with E-state index in [1.807, 2.05) is 19.1 Å². The van der Waals surface area contributed by atoms with Gasteiger partial charge in [-0.1, -0.05) is 77.3 Å². The summed E-state index contributed by atoms with van der Waals surface area (Å²) in [6.07, 6.45) is 2.60. The first-order valence-electron chi connectivity index (χ1n) is 23.8. The quantitative estimate of drug-likeness (QED) is 0.0703. The van der Waals surface area contributed by atoms with Crippen LogP contribution in [0.25, 0.3) is 39.5 Å². The number of aryl methyl sites for hydroxylation is 1. The van der Waals surface area contributed by atoms with E-state index in [1.54, 1.807) is 75.9 Å². The number of alkyl halides is 6. The Bertz CT molecular complexity index is 3320. The lowest BCUT2D eigenvalue weighted by Gasteiger charge is -2.26. The highest BCUT2D eigenvalue weighted by Crippen LogP contribution is 2.34. The zero-order valence-corrected chi connectivity index (χ0v) is 43.6. The summed E-state index contributed by atoms with van der Waals surface area (Å²) in [5.41, 5.74) is 9.33. The van der Waals surface area contributed by atoms with E-state index < -0.39 is 30.6 Å². The molecule has 6 heterocycles. The highest BCUT2D eigenvalue weighted by Gasteiger charge is 2.32. The molecule has 3 aromatic carbocycles. The van der Waals surface area contributed by atoms with Gasteiger partial charge in [-0.05, 0) is 140 Å². The van der Waals surface area contributed by atoms with Crippen LogP contribution in [-0.2, 0) is 12.4 Å². The Balaban J connectivity index is 0.000000150. The molecule has 400 valence electrons. The number of halogens is 9. The highest BCUT2D eigenvalue weighted by atomic mass is 79.9. The van der Waals surface area contributed by atoms with Gasteiger partial charge in [0.2, 0.25) is 0 Å². The third kappa shape index (κ3) is 15.9. The Kier molecular flexibility index (Phi) is 19.5. The van der Waals surface area contributed by atoms with Crippen LogP contribution in [0, 0.1) is 6.92 Å². The fourth-order valence-electron chi connectivity index (χ4n) is 8.09. The van der Waals surface area contributed by atoms with Gasteiger partial charge in [0, 0.05) is 23.2 Å². The molecule has 2 aliphatic rings. The van der Waals surface area contributed by atoms with Crippen LogP contribution in [0.1, 0.15) is 68.1 Å². The number of anilines is 1. The van der Waals surface area contributed by atoms with Gasteiger partial charge in [-0.2, -0.15) is 36.5 Å². The maximum Gasteiger partial charge on any atom is 0.488 e. The van der Waals surface area contributed by atoms with Crippen molar-refractivity contribution in [2.75, 3.05) is 5.32 Å². The van der Waals surface area contributed by atoms with E-state index in [9.17, 15) is 31.4 Å². The molecule has 0 aliphatic heterocycles. The second kappa shape index (κ2) is 25.8.